The Labute approximate surface area is 161 Å². The predicted octanol–water partition coefficient (Wildman–Crippen LogP) is 5.57. The maximum absolute atomic E-state index is 6.02. The fourth-order valence-electron chi connectivity index (χ4n) is 2.64. The summed E-state index contributed by atoms with van der Waals surface area (Å²) in [6.45, 7) is 5.16. The van der Waals surface area contributed by atoms with Gasteiger partial charge in [-0.15, -0.1) is 11.3 Å². The van der Waals surface area contributed by atoms with Crippen LogP contribution < -0.4 is 9.47 Å². The number of hydrogen-bond donors (Lipinski definition) is 0. The van der Waals surface area contributed by atoms with Crippen molar-refractivity contribution in [3.63, 3.8) is 0 Å². The van der Waals surface area contributed by atoms with Crippen molar-refractivity contribution in [2.75, 3.05) is 6.61 Å². The molecule has 0 N–H and O–H groups in total. The molecule has 0 aliphatic heterocycles. The van der Waals surface area contributed by atoms with Crippen molar-refractivity contribution in [2.45, 2.75) is 20.5 Å². The van der Waals surface area contributed by atoms with Gasteiger partial charge < -0.3 is 13.9 Å². The van der Waals surface area contributed by atoms with Crippen LogP contribution in [0, 0.1) is 5.92 Å². The lowest BCUT2D eigenvalue weighted by molar-refractivity contribution is 0.207. The molecule has 6 heteroatoms. The summed E-state index contributed by atoms with van der Waals surface area (Å²) < 4.78 is 17.6. The van der Waals surface area contributed by atoms with E-state index in [1.165, 1.54) is 0 Å². The van der Waals surface area contributed by atoms with Crippen molar-refractivity contribution in [1.29, 1.82) is 0 Å². The van der Waals surface area contributed by atoms with E-state index in [1.807, 2.05) is 47.8 Å². The molecular formula is C21H20N2O3S. The Morgan fingerprint density at radius 2 is 1.93 bits per heavy atom. The quantitative estimate of drug-likeness (QED) is 0.420. The zero-order valence-corrected chi connectivity index (χ0v) is 16.0. The Kier molecular flexibility index (Phi) is 5.07. The van der Waals surface area contributed by atoms with Gasteiger partial charge in [-0.2, -0.15) is 4.98 Å². The molecule has 27 heavy (non-hydrogen) atoms. The maximum Gasteiger partial charge on any atom is 0.394 e. The average Bonchev–Trinajstić information content (AvgIpc) is 3.35. The third-order valence-electron chi connectivity index (χ3n) is 3.93. The van der Waals surface area contributed by atoms with Gasteiger partial charge in [0, 0.05) is 11.6 Å². The highest BCUT2D eigenvalue weighted by Crippen LogP contribution is 2.37. The second-order valence-electron chi connectivity index (χ2n) is 6.59. The summed E-state index contributed by atoms with van der Waals surface area (Å²) in [6, 6.07) is 13.9. The molecule has 0 fully saturated rings. The molecule has 2 aromatic carbocycles. The first-order valence-corrected chi connectivity index (χ1v) is 9.71. The Hall–Kier alpha value is -2.86. The minimum atomic E-state index is 0.257. The molecule has 0 aliphatic rings. The van der Waals surface area contributed by atoms with Crippen LogP contribution in [0.2, 0.25) is 0 Å². The summed E-state index contributed by atoms with van der Waals surface area (Å²) in [5, 5.41) is 2.81. The van der Waals surface area contributed by atoms with Crippen LogP contribution in [0.1, 0.15) is 19.4 Å². The molecule has 138 valence electrons. The molecule has 0 unspecified atom stereocenters. The normalized spacial score (nSPS) is 11.2. The van der Waals surface area contributed by atoms with Gasteiger partial charge in [0.25, 0.3) is 0 Å². The molecule has 0 amide bonds. The molecule has 0 radical (unpaired) electrons. The molecule has 4 aromatic rings. The number of fused-ring (bicyclic) bond motifs is 1. The molecule has 2 aromatic heterocycles. The lowest BCUT2D eigenvalue weighted by Gasteiger charge is -2.07. The molecule has 0 spiro atoms. The lowest BCUT2D eigenvalue weighted by Crippen LogP contribution is -2.04. The number of benzene rings is 2. The zero-order chi connectivity index (χ0) is 18.6. The summed E-state index contributed by atoms with van der Waals surface area (Å²) in [5.41, 5.74) is 3.26. The second-order valence-corrected chi connectivity index (χ2v) is 7.48. The number of thiazole rings is 1. The van der Waals surface area contributed by atoms with Gasteiger partial charge in [0.15, 0.2) is 11.1 Å². The number of nitrogens with zero attached hydrogens (tertiary/aromatic N) is 2. The summed E-state index contributed by atoms with van der Waals surface area (Å²) in [6.07, 6.45) is 2.03. The summed E-state index contributed by atoms with van der Waals surface area (Å²) >= 11 is 1.55. The number of rotatable bonds is 7. The molecule has 2 heterocycles. The molecule has 0 saturated carbocycles. The number of aromatic nitrogens is 2. The Morgan fingerprint density at radius 3 is 2.67 bits per heavy atom. The highest BCUT2D eigenvalue weighted by atomic mass is 32.1. The van der Waals surface area contributed by atoms with Gasteiger partial charge in [-0.1, -0.05) is 44.2 Å². The molecular weight excluding hydrogens is 360 g/mol. The van der Waals surface area contributed by atoms with E-state index < -0.39 is 0 Å². The fourth-order valence-corrected chi connectivity index (χ4v) is 3.30. The predicted molar refractivity (Wildman–Crippen MR) is 106 cm³/mol. The van der Waals surface area contributed by atoms with Gasteiger partial charge in [0.05, 0.1) is 12.2 Å². The van der Waals surface area contributed by atoms with Crippen LogP contribution in [0.25, 0.3) is 21.7 Å². The van der Waals surface area contributed by atoms with E-state index in [0.717, 1.165) is 16.1 Å². The minimum absolute atomic E-state index is 0.257. The Morgan fingerprint density at radius 1 is 1.07 bits per heavy atom. The first-order valence-electron chi connectivity index (χ1n) is 8.83. The maximum atomic E-state index is 6.02. The van der Waals surface area contributed by atoms with Crippen LogP contribution in [0.5, 0.6) is 11.8 Å². The largest absolute Gasteiger partial charge is 0.486 e. The summed E-state index contributed by atoms with van der Waals surface area (Å²) in [4.78, 5) is 8.92. The van der Waals surface area contributed by atoms with Crippen LogP contribution >= 0.6 is 11.3 Å². The zero-order valence-electron chi connectivity index (χ0n) is 15.2. The van der Waals surface area contributed by atoms with Crippen molar-refractivity contribution in [3.05, 3.63) is 59.6 Å². The first kappa shape index (κ1) is 17.5. The Balaban J connectivity index is 1.69. The van der Waals surface area contributed by atoms with Crippen LogP contribution in [-0.2, 0) is 6.61 Å². The van der Waals surface area contributed by atoms with E-state index in [2.05, 4.69) is 23.8 Å². The third kappa shape index (κ3) is 3.95. The van der Waals surface area contributed by atoms with E-state index in [4.69, 9.17) is 13.9 Å². The highest BCUT2D eigenvalue weighted by molar-refractivity contribution is 7.13. The van der Waals surface area contributed by atoms with E-state index in [0.29, 0.717) is 36.0 Å². The summed E-state index contributed by atoms with van der Waals surface area (Å²) in [7, 11) is 0. The molecule has 0 saturated heterocycles. The monoisotopic (exact) mass is 380 g/mol. The smallest absolute Gasteiger partial charge is 0.394 e. The van der Waals surface area contributed by atoms with E-state index in [-0.39, 0.29) is 6.08 Å². The molecule has 0 bridgehead atoms. The SMILES string of the molecule is CC(C)COc1nc2c(OCc3ccccc3)ccc(-c3nccs3)c2o1. The number of ether oxygens (including phenoxy) is 2. The highest BCUT2D eigenvalue weighted by Gasteiger charge is 2.19. The van der Waals surface area contributed by atoms with Gasteiger partial charge in [-0.25, -0.2) is 4.98 Å². The average molecular weight is 380 g/mol. The van der Waals surface area contributed by atoms with Crippen molar-refractivity contribution < 1.29 is 13.9 Å². The summed E-state index contributed by atoms with van der Waals surface area (Å²) in [5.74, 6) is 1.05. The van der Waals surface area contributed by atoms with E-state index in [1.54, 1.807) is 17.5 Å². The lowest BCUT2D eigenvalue weighted by atomic mass is 10.2. The second kappa shape index (κ2) is 7.80. The number of oxazole rings is 1. The van der Waals surface area contributed by atoms with Crippen LogP contribution in [-0.4, -0.2) is 16.6 Å². The van der Waals surface area contributed by atoms with Gasteiger partial charge >= 0.3 is 6.08 Å². The number of hydrogen-bond acceptors (Lipinski definition) is 6. The standard InChI is InChI=1S/C21H20N2O3S/c1-14(2)12-25-21-23-18-17(24-13-15-6-4-3-5-7-15)9-8-16(19(18)26-21)20-22-10-11-27-20/h3-11,14H,12-13H2,1-2H3. The van der Waals surface area contributed by atoms with Gasteiger partial charge in [-0.05, 0) is 23.6 Å². The molecule has 4 rings (SSSR count). The van der Waals surface area contributed by atoms with Crippen molar-refractivity contribution in [3.8, 4) is 22.4 Å². The molecule has 0 atom stereocenters. The minimum Gasteiger partial charge on any atom is -0.486 e. The van der Waals surface area contributed by atoms with Gasteiger partial charge in [0.2, 0.25) is 0 Å². The van der Waals surface area contributed by atoms with Crippen LogP contribution in [0.4, 0.5) is 0 Å². The van der Waals surface area contributed by atoms with E-state index >= 15 is 0 Å². The molecule has 0 aliphatic carbocycles. The Bertz CT molecular complexity index is 1010. The van der Waals surface area contributed by atoms with Gasteiger partial charge in [0.1, 0.15) is 17.4 Å². The topological polar surface area (TPSA) is 57.4 Å². The van der Waals surface area contributed by atoms with Gasteiger partial charge in [-0.3, -0.25) is 0 Å². The van der Waals surface area contributed by atoms with Crippen molar-refractivity contribution in [2.24, 2.45) is 5.92 Å². The first-order chi connectivity index (χ1) is 13.2. The van der Waals surface area contributed by atoms with E-state index in [9.17, 15) is 0 Å². The van der Waals surface area contributed by atoms with Crippen molar-refractivity contribution in [1.82, 2.24) is 9.97 Å². The fraction of sp³-hybridized carbons (Fsp3) is 0.238. The van der Waals surface area contributed by atoms with Crippen molar-refractivity contribution >= 4 is 22.4 Å². The third-order valence-corrected chi connectivity index (χ3v) is 4.73. The van der Waals surface area contributed by atoms with Crippen LogP contribution in [0.15, 0.2) is 58.5 Å². The molecule has 5 nitrogen and oxygen atoms in total. The van der Waals surface area contributed by atoms with Crippen LogP contribution in [0.3, 0.4) is 0 Å².